The van der Waals surface area contributed by atoms with Crippen molar-refractivity contribution in [3.05, 3.63) is 60.8 Å². The van der Waals surface area contributed by atoms with Gasteiger partial charge in [0.05, 0.1) is 42.7 Å². The molecule has 2 fully saturated rings. The van der Waals surface area contributed by atoms with Crippen LogP contribution in [0.3, 0.4) is 0 Å². The maximum atomic E-state index is 6.53. The van der Waals surface area contributed by atoms with Crippen LogP contribution in [0.15, 0.2) is 55.2 Å². The summed E-state index contributed by atoms with van der Waals surface area (Å²) in [7, 11) is 2.64. The van der Waals surface area contributed by atoms with Crippen molar-refractivity contribution in [1.82, 2.24) is 24.3 Å². The van der Waals surface area contributed by atoms with Crippen LogP contribution in [0.4, 0.5) is 11.5 Å². The largest absolute Gasteiger partial charge is 0.497 e. The molecule has 0 radical (unpaired) electrons. The molecule has 1 saturated heterocycles. The molecule has 1 saturated carbocycles. The van der Waals surface area contributed by atoms with Gasteiger partial charge in [-0.3, -0.25) is 0 Å². The molecule has 11 nitrogen and oxygen atoms in total. The fourth-order valence-corrected chi connectivity index (χ4v) is 7.21. The summed E-state index contributed by atoms with van der Waals surface area (Å²) in [5, 5.41) is 9.11. The zero-order valence-corrected chi connectivity index (χ0v) is 28.6. The molecule has 1 aromatic carbocycles. The first-order valence-corrected chi connectivity index (χ1v) is 19.6. The van der Waals surface area contributed by atoms with Crippen molar-refractivity contribution in [2.75, 3.05) is 37.5 Å². The lowest BCUT2D eigenvalue weighted by molar-refractivity contribution is -0.159. The molecule has 242 valence electrons. The highest BCUT2D eigenvalue weighted by atomic mass is 28.3. The van der Waals surface area contributed by atoms with Crippen molar-refractivity contribution < 1.29 is 18.9 Å². The molecule has 0 spiro atoms. The van der Waals surface area contributed by atoms with Crippen molar-refractivity contribution in [1.29, 1.82) is 0 Å². The van der Waals surface area contributed by atoms with Gasteiger partial charge in [-0.1, -0.05) is 31.8 Å². The zero-order valence-electron chi connectivity index (χ0n) is 27.6. The number of methoxy groups -OCH3 is 1. The Morgan fingerprint density at radius 2 is 1.87 bits per heavy atom. The van der Waals surface area contributed by atoms with E-state index in [-0.39, 0.29) is 24.2 Å². The number of rotatable bonds is 13. The highest BCUT2D eigenvalue weighted by molar-refractivity contribution is 6.76. The first kappa shape index (κ1) is 31.5. The normalized spacial score (nSPS) is 22.6. The van der Waals surface area contributed by atoms with E-state index in [1.807, 2.05) is 43.1 Å². The molecule has 0 amide bonds. The van der Waals surface area contributed by atoms with Gasteiger partial charge in [0.2, 0.25) is 0 Å². The third kappa shape index (κ3) is 7.19. The van der Waals surface area contributed by atoms with Crippen LogP contribution in [0.2, 0.25) is 25.7 Å². The minimum Gasteiger partial charge on any atom is -0.497 e. The fraction of sp³-hybridized carbons (Fsp3) is 0.545. The summed E-state index contributed by atoms with van der Waals surface area (Å²) in [5.74, 6) is 1.34. The molecule has 1 aliphatic heterocycles. The summed E-state index contributed by atoms with van der Waals surface area (Å²) < 4.78 is 28.3. The van der Waals surface area contributed by atoms with Crippen LogP contribution < -0.4 is 15.0 Å². The first-order valence-electron chi connectivity index (χ1n) is 15.8. The Balaban J connectivity index is 1.14. The van der Waals surface area contributed by atoms with Gasteiger partial charge in [-0.15, -0.1) is 0 Å². The summed E-state index contributed by atoms with van der Waals surface area (Å²) in [5.41, 5.74) is 3.06. The molecule has 3 aromatic heterocycles. The van der Waals surface area contributed by atoms with Crippen molar-refractivity contribution in [2.24, 2.45) is 5.92 Å². The van der Waals surface area contributed by atoms with Crippen LogP contribution in [0.5, 0.6) is 5.75 Å². The number of hydrogen-bond acceptors (Lipinski definition) is 9. The lowest BCUT2D eigenvalue weighted by atomic mass is 10.1. The molecular formula is C33H47N7O4Si. The molecular weight excluding hydrogens is 586 g/mol. The molecule has 45 heavy (non-hydrogen) atoms. The van der Waals surface area contributed by atoms with Gasteiger partial charge < -0.3 is 33.7 Å². The molecule has 4 heterocycles. The zero-order chi connectivity index (χ0) is 31.8. The maximum absolute atomic E-state index is 6.53. The average molecular weight is 634 g/mol. The number of fused-ring (bicyclic) bond motifs is 2. The van der Waals surface area contributed by atoms with E-state index in [9.17, 15) is 0 Å². The van der Waals surface area contributed by atoms with Gasteiger partial charge in [0.1, 0.15) is 36.4 Å². The lowest BCUT2D eigenvalue weighted by Crippen LogP contribution is -2.29. The van der Waals surface area contributed by atoms with Gasteiger partial charge >= 0.3 is 0 Å². The quantitative estimate of drug-likeness (QED) is 0.145. The van der Waals surface area contributed by atoms with E-state index < -0.39 is 13.9 Å². The topological polar surface area (TPSA) is 101 Å². The summed E-state index contributed by atoms with van der Waals surface area (Å²) in [4.78, 5) is 11.6. The Morgan fingerprint density at radius 1 is 1.09 bits per heavy atom. The minimum absolute atomic E-state index is 0.0334. The molecule has 6 rings (SSSR count). The summed E-state index contributed by atoms with van der Waals surface area (Å²) in [6, 6.07) is 11.5. The van der Waals surface area contributed by atoms with Crippen molar-refractivity contribution in [2.45, 2.75) is 83.3 Å². The number of aromatic nitrogens is 5. The molecule has 1 N–H and O–H groups in total. The SMILES string of the molecule is COc1ccc(CN(C)c2ncnc3c2ccn3[C@@H]2C[C@H](CNc3cnn(COCC[Si](C)(C)C)c3)[C@H]3OC(C)(C)O[C@H]32)cc1. The summed E-state index contributed by atoms with van der Waals surface area (Å²) in [6.45, 7) is 13.8. The third-order valence-corrected chi connectivity index (χ3v) is 10.5. The van der Waals surface area contributed by atoms with Crippen molar-refractivity contribution in [3.8, 4) is 5.75 Å². The number of benzene rings is 1. The van der Waals surface area contributed by atoms with Crippen LogP contribution in [0, 0.1) is 5.92 Å². The fourth-order valence-electron chi connectivity index (χ4n) is 6.45. The van der Waals surface area contributed by atoms with E-state index in [1.54, 1.807) is 13.4 Å². The van der Waals surface area contributed by atoms with Gasteiger partial charge in [-0.05, 0) is 50.1 Å². The molecule has 0 unspecified atom stereocenters. The highest BCUT2D eigenvalue weighted by Crippen LogP contribution is 2.48. The number of ether oxygens (including phenoxy) is 4. The smallest absolute Gasteiger partial charge is 0.163 e. The maximum Gasteiger partial charge on any atom is 0.163 e. The standard InChI is InChI=1S/C33H47N7O4Si/c1-33(2)43-29-24(17-34-25-18-37-39(20-25)22-42-14-15-45(5,6)7)16-28(30(29)44-33)40-13-12-27-31(35-21-36-32(27)40)38(3)19-23-8-10-26(41-4)11-9-23/h8-13,18,20-21,24,28-30,34H,14-17,19,22H2,1-7H3/t24-,28-,29-,30+/m1/s1. The second-order valence-electron chi connectivity index (χ2n) is 14.0. The van der Waals surface area contributed by atoms with E-state index in [4.69, 9.17) is 23.9 Å². The average Bonchev–Trinajstić information content (AvgIpc) is 3.77. The molecule has 12 heteroatoms. The molecule has 0 bridgehead atoms. The van der Waals surface area contributed by atoms with E-state index in [0.717, 1.165) is 60.4 Å². The van der Waals surface area contributed by atoms with E-state index >= 15 is 0 Å². The Hall–Kier alpha value is -3.45. The molecule has 1 aliphatic carbocycles. The second kappa shape index (κ2) is 12.7. The Labute approximate surface area is 266 Å². The molecule has 4 atom stereocenters. The van der Waals surface area contributed by atoms with Crippen LogP contribution in [-0.2, 0) is 27.5 Å². The van der Waals surface area contributed by atoms with E-state index in [2.05, 4.69) is 76.0 Å². The van der Waals surface area contributed by atoms with Crippen molar-refractivity contribution >= 4 is 30.6 Å². The number of hydrogen-bond donors (Lipinski definition) is 1. The molecule has 2 aliphatic rings. The van der Waals surface area contributed by atoms with E-state index in [0.29, 0.717) is 6.73 Å². The monoisotopic (exact) mass is 633 g/mol. The summed E-state index contributed by atoms with van der Waals surface area (Å²) in [6.07, 6.45) is 8.44. The predicted molar refractivity (Wildman–Crippen MR) is 178 cm³/mol. The Kier molecular flexibility index (Phi) is 8.93. The van der Waals surface area contributed by atoms with Crippen LogP contribution >= 0.6 is 0 Å². The van der Waals surface area contributed by atoms with Gasteiger partial charge in [-0.25, -0.2) is 14.6 Å². The number of nitrogens with one attached hydrogen (secondary N) is 1. The summed E-state index contributed by atoms with van der Waals surface area (Å²) >= 11 is 0. The Bertz CT molecular complexity index is 1580. The number of nitrogens with zero attached hydrogens (tertiary/aromatic N) is 6. The van der Waals surface area contributed by atoms with Crippen LogP contribution in [-0.4, -0.2) is 77.7 Å². The Morgan fingerprint density at radius 3 is 2.62 bits per heavy atom. The van der Waals surface area contributed by atoms with Gasteiger partial charge in [0, 0.05) is 46.9 Å². The number of anilines is 2. The highest BCUT2D eigenvalue weighted by Gasteiger charge is 2.54. The van der Waals surface area contributed by atoms with Crippen LogP contribution in [0.1, 0.15) is 31.9 Å². The van der Waals surface area contributed by atoms with E-state index in [1.165, 1.54) is 5.56 Å². The van der Waals surface area contributed by atoms with Gasteiger partial charge in [-0.2, -0.15) is 5.10 Å². The van der Waals surface area contributed by atoms with Crippen molar-refractivity contribution in [3.63, 3.8) is 0 Å². The third-order valence-electron chi connectivity index (χ3n) is 8.76. The predicted octanol–water partition coefficient (Wildman–Crippen LogP) is 5.78. The van der Waals surface area contributed by atoms with Gasteiger partial charge in [0.25, 0.3) is 0 Å². The second-order valence-corrected chi connectivity index (χ2v) is 19.6. The van der Waals surface area contributed by atoms with Crippen LogP contribution in [0.25, 0.3) is 11.0 Å². The minimum atomic E-state index is -1.11. The lowest BCUT2D eigenvalue weighted by Gasteiger charge is -2.25. The first-order chi connectivity index (χ1) is 21.5. The molecule has 4 aromatic rings. The van der Waals surface area contributed by atoms with Gasteiger partial charge in [0.15, 0.2) is 5.79 Å².